The number of ether oxygens (including phenoxy) is 1. The summed E-state index contributed by atoms with van der Waals surface area (Å²) in [5.41, 5.74) is 0.501. The van der Waals surface area contributed by atoms with Crippen LogP contribution in [-0.2, 0) is 16.1 Å². The highest BCUT2D eigenvalue weighted by Gasteiger charge is 2.20. The number of fused-ring (bicyclic) bond motifs is 1. The molecule has 156 valence electrons. The molecule has 0 aliphatic carbocycles. The van der Waals surface area contributed by atoms with E-state index in [0.717, 1.165) is 19.3 Å². The predicted octanol–water partition coefficient (Wildman–Crippen LogP) is 3.41. The predicted molar refractivity (Wildman–Crippen MR) is 116 cm³/mol. The van der Waals surface area contributed by atoms with Gasteiger partial charge in [-0.25, -0.2) is 9.48 Å². The number of nitrogens with zero attached hydrogens (tertiary/aromatic N) is 3. The second kappa shape index (κ2) is 9.82. The number of amides is 1. The zero-order chi connectivity index (χ0) is 21.5. The number of anilines is 1. The van der Waals surface area contributed by atoms with Crippen LogP contribution in [-0.4, -0.2) is 35.3 Å². The fourth-order valence-corrected chi connectivity index (χ4v) is 3.14. The van der Waals surface area contributed by atoms with E-state index in [9.17, 15) is 14.4 Å². The molecule has 0 aliphatic rings. The van der Waals surface area contributed by atoms with Gasteiger partial charge in [-0.05, 0) is 24.6 Å². The Morgan fingerprint density at radius 3 is 2.37 bits per heavy atom. The number of unbranched alkanes of at least 4 members (excludes halogenated alkanes) is 2. The van der Waals surface area contributed by atoms with Crippen LogP contribution in [0.25, 0.3) is 10.8 Å². The van der Waals surface area contributed by atoms with Crippen molar-refractivity contribution >= 4 is 28.3 Å². The molecule has 0 N–H and O–H groups in total. The molecule has 30 heavy (non-hydrogen) atoms. The molecule has 0 saturated carbocycles. The summed E-state index contributed by atoms with van der Waals surface area (Å²) in [4.78, 5) is 39.3. The number of likely N-dealkylation sites (N-methyl/N-ethyl adjacent to an activating group) is 1. The maximum absolute atomic E-state index is 12.7. The summed E-state index contributed by atoms with van der Waals surface area (Å²) in [5, 5.41) is 5.08. The topological polar surface area (TPSA) is 81.5 Å². The summed E-state index contributed by atoms with van der Waals surface area (Å²) in [6, 6.07) is 15.9. The molecule has 1 amide bonds. The number of aromatic nitrogens is 2. The third-order valence-corrected chi connectivity index (χ3v) is 4.88. The summed E-state index contributed by atoms with van der Waals surface area (Å²) < 4.78 is 6.57. The van der Waals surface area contributed by atoms with Crippen molar-refractivity contribution in [2.24, 2.45) is 0 Å². The lowest BCUT2D eigenvalue weighted by Gasteiger charge is -2.17. The van der Waals surface area contributed by atoms with Gasteiger partial charge >= 0.3 is 5.97 Å². The Hall–Kier alpha value is -3.48. The molecule has 0 unspecified atom stereocenters. The van der Waals surface area contributed by atoms with Gasteiger partial charge < -0.3 is 9.64 Å². The van der Waals surface area contributed by atoms with E-state index in [2.05, 4.69) is 12.0 Å². The Kier molecular flexibility index (Phi) is 6.95. The van der Waals surface area contributed by atoms with Crippen molar-refractivity contribution < 1.29 is 14.3 Å². The average Bonchev–Trinajstić information content (AvgIpc) is 2.79. The largest absolute Gasteiger partial charge is 0.451 e. The average molecular weight is 407 g/mol. The van der Waals surface area contributed by atoms with Gasteiger partial charge in [0.25, 0.3) is 11.5 Å². The van der Waals surface area contributed by atoms with Gasteiger partial charge in [-0.3, -0.25) is 9.59 Å². The Balaban J connectivity index is 1.81. The first kappa shape index (κ1) is 21.2. The fraction of sp³-hybridized carbons (Fsp3) is 0.304. The molecule has 0 atom stereocenters. The third kappa shape index (κ3) is 4.74. The number of carbonyl (C=O) groups is 2. The number of rotatable bonds is 8. The van der Waals surface area contributed by atoms with Crippen molar-refractivity contribution in [1.82, 2.24) is 9.78 Å². The summed E-state index contributed by atoms with van der Waals surface area (Å²) in [7, 11) is 1.62. The van der Waals surface area contributed by atoms with E-state index in [4.69, 9.17) is 4.74 Å². The van der Waals surface area contributed by atoms with Crippen LogP contribution < -0.4 is 10.5 Å². The van der Waals surface area contributed by atoms with Crippen LogP contribution in [0.3, 0.4) is 0 Å². The minimum absolute atomic E-state index is 0.0388. The van der Waals surface area contributed by atoms with Crippen LogP contribution in [0.4, 0.5) is 5.69 Å². The fourth-order valence-electron chi connectivity index (χ4n) is 3.14. The Morgan fingerprint density at radius 1 is 1.00 bits per heavy atom. The van der Waals surface area contributed by atoms with E-state index in [1.807, 2.05) is 18.2 Å². The third-order valence-electron chi connectivity index (χ3n) is 4.88. The van der Waals surface area contributed by atoms with Crippen molar-refractivity contribution in [1.29, 1.82) is 0 Å². The zero-order valence-corrected chi connectivity index (χ0v) is 17.2. The van der Waals surface area contributed by atoms with Crippen LogP contribution >= 0.6 is 0 Å². The summed E-state index contributed by atoms with van der Waals surface area (Å²) in [6.45, 7) is 2.07. The monoisotopic (exact) mass is 407 g/mol. The standard InChI is InChI=1S/C23H25N3O4/c1-3-4-10-15-26-22(28)19-14-9-8-13-18(19)21(24-26)23(29)30-16-20(27)25(2)17-11-6-5-7-12-17/h5-9,11-14H,3-4,10,15-16H2,1-2H3. The molecule has 0 saturated heterocycles. The SMILES string of the molecule is CCCCCn1nc(C(=O)OCC(=O)N(C)c2ccccc2)c2ccccc2c1=O. The molecule has 1 aromatic heterocycles. The number of hydrogen-bond acceptors (Lipinski definition) is 5. The molecule has 2 aromatic carbocycles. The minimum atomic E-state index is -0.731. The lowest BCUT2D eigenvalue weighted by atomic mass is 10.1. The van der Waals surface area contributed by atoms with Crippen LogP contribution in [0.15, 0.2) is 59.4 Å². The van der Waals surface area contributed by atoms with E-state index in [1.54, 1.807) is 43.4 Å². The Labute approximate surface area is 174 Å². The number of benzene rings is 2. The number of para-hydroxylation sites is 1. The maximum atomic E-state index is 12.7. The summed E-state index contributed by atoms with van der Waals surface area (Å²) in [5.74, 6) is -1.10. The van der Waals surface area contributed by atoms with Crippen molar-refractivity contribution in [3.8, 4) is 0 Å². The highest BCUT2D eigenvalue weighted by atomic mass is 16.5. The molecule has 0 radical (unpaired) electrons. The van der Waals surface area contributed by atoms with Crippen molar-refractivity contribution in [3.63, 3.8) is 0 Å². The van der Waals surface area contributed by atoms with E-state index in [-0.39, 0.29) is 17.2 Å². The van der Waals surface area contributed by atoms with Gasteiger partial charge in [-0.1, -0.05) is 56.2 Å². The minimum Gasteiger partial charge on any atom is -0.451 e. The smallest absolute Gasteiger partial charge is 0.359 e. The van der Waals surface area contributed by atoms with Crippen LogP contribution in [0, 0.1) is 0 Å². The van der Waals surface area contributed by atoms with Gasteiger partial charge in [0.15, 0.2) is 12.3 Å². The van der Waals surface area contributed by atoms with Crippen LogP contribution in [0.1, 0.15) is 36.7 Å². The molecule has 0 spiro atoms. The lowest BCUT2D eigenvalue weighted by Crippen LogP contribution is -2.32. The van der Waals surface area contributed by atoms with Gasteiger partial charge in [-0.15, -0.1) is 0 Å². The van der Waals surface area contributed by atoms with E-state index < -0.39 is 12.6 Å². The summed E-state index contributed by atoms with van der Waals surface area (Å²) >= 11 is 0. The quantitative estimate of drug-likeness (QED) is 0.422. The molecular formula is C23H25N3O4. The molecule has 0 fully saturated rings. The number of esters is 1. The summed E-state index contributed by atoms with van der Waals surface area (Å²) in [6.07, 6.45) is 2.76. The van der Waals surface area contributed by atoms with E-state index in [1.165, 1.54) is 9.58 Å². The highest BCUT2D eigenvalue weighted by Crippen LogP contribution is 2.15. The van der Waals surface area contributed by atoms with Gasteiger partial charge in [0.2, 0.25) is 0 Å². The second-order valence-electron chi connectivity index (χ2n) is 6.99. The van der Waals surface area contributed by atoms with E-state index in [0.29, 0.717) is 23.0 Å². The number of hydrogen-bond donors (Lipinski definition) is 0. The first-order valence-electron chi connectivity index (χ1n) is 10.0. The maximum Gasteiger partial charge on any atom is 0.359 e. The first-order valence-corrected chi connectivity index (χ1v) is 10.0. The zero-order valence-electron chi connectivity index (χ0n) is 17.2. The van der Waals surface area contributed by atoms with Crippen molar-refractivity contribution in [2.75, 3.05) is 18.6 Å². The van der Waals surface area contributed by atoms with Crippen LogP contribution in [0.5, 0.6) is 0 Å². The molecule has 7 nitrogen and oxygen atoms in total. The molecule has 1 heterocycles. The molecule has 3 rings (SSSR count). The molecule has 7 heteroatoms. The molecule has 0 aliphatic heterocycles. The van der Waals surface area contributed by atoms with Gasteiger partial charge in [0.05, 0.1) is 5.39 Å². The first-order chi connectivity index (χ1) is 14.5. The lowest BCUT2D eigenvalue weighted by molar-refractivity contribution is -0.121. The second-order valence-corrected chi connectivity index (χ2v) is 6.99. The molecule has 0 bridgehead atoms. The number of aryl methyl sites for hydroxylation is 1. The Morgan fingerprint density at radius 2 is 1.67 bits per heavy atom. The van der Waals surface area contributed by atoms with Crippen molar-refractivity contribution in [3.05, 3.63) is 70.6 Å². The Bertz CT molecular complexity index is 1090. The normalized spacial score (nSPS) is 10.7. The molecule has 3 aromatic rings. The van der Waals surface area contributed by atoms with Gasteiger partial charge in [0, 0.05) is 24.7 Å². The van der Waals surface area contributed by atoms with Crippen molar-refractivity contribution in [2.45, 2.75) is 32.7 Å². The van der Waals surface area contributed by atoms with E-state index >= 15 is 0 Å². The molecular weight excluding hydrogens is 382 g/mol. The number of carbonyl (C=O) groups excluding carboxylic acids is 2. The highest BCUT2D eigenvalue weighted by molar-refractivity contribution is 6.03. The van der Waals surface area contributed by atoms with Gasteiger partial charge in [-0.2, -0.15) is 5.10 Å². The van der Waals surface area contributed by atoms with Gasteiger partial charge in [0.1, 0.15) is 0 Å². The van der Waals surface area contributed by atoms with Crippen LogP contribution in [0.2, 0.25) is 0 Å².